The second kappa shape index (κ2) is 6.56. The molecule has 0 aliphatic carbocycles. The first kappa shape index (κ1) is 13.1. The topological polar surface area (TPSA) is 43.7 Å². The minimum Gasteiger partial charge on any atom is -0.488 e. The summed E-state index contributed by atoms with van der Waals surface area (Å²) in [6.45, 7) is 7.42. The van der Waals surface area contributed by atoms with Gasteiger partial charge in [-0.1, -0.05) is 0 Å². The van der Waals surface area contributed by atoms with E-state index in [4.69, 9.17) is 9.47 Å². The number of hydrogen-bond donors (Lipinski definition) is 0. The predicted molar refractivity (Wildman–Crippen MR) is 69.1 cm³/mol. The first-order valence-corrected chi connectivity index (χ1v) is 6.43. The lowest BCUT2D eigenvalue weighted by molar-refractivity contribution is 0.0362. The first-order valence-electron chi connectivity index (χ1n) is 6.43. The Morgan fingerprint density at radius 2 is 2.11 bits per heavy atom. The molecule has 18 heavy (non-hydrogen) atoms. The lowest BCUT2D eigenvalue weighted by atomic mass is 10.4. The third kappa shape index (κ3) is 3.34. The number of pyridine rings is 1. The summed E-state index contributed by atoms with van der Waals surface area (Å²) in [7, 11) is 0. The minimum absolute atomic E-state index is 0.0485. The quantitative estimate of drug-likeness (QED) is 0.769. The summed E-state index contributed by atoms with van der Waals surface area (Å²) in [6, 6.07) is 3.57. The van der Waals surface area contributed by atoms with Crippen LogP contribution in [0.4, 0.5) is 0 Å². The van der Waals surface area contributed by atoms with Gasteiger partial charge in [-0.2, -0.15) is 0 Å². The third-order valence-electron chi connectivity index (χ3n) is 3.05. The van der Waals surface area contributed by atoms with E-state index in [1.165, 1.54) is 0 Å². The van der Waals surface area contributed by atoms with Crippen molar-refractivity contribution in [3.63, 3.8) is 0 Å². The van der Waals surface area contributed by atoms with E-state index in [1.807, 2.05) is 19.2 Å². The molecule has 0 unspecified atom stereocenters. The van der Waals surface area contributed by atoms with Crippen molar-refractivity contribution in [3.8, 4) is 5.75 Å². The molecular weight excluding hydrogens is 232 g/mol. The number of nitrogens with zero attached hydrogens (tertiary/aromatic N) is 2. The largest absolute Gasteiger partial charge is 0.488 e. The van der Waals surface area contributed by atoms with E-state index in [2.05, 4.69) is 4.90 Å². The minimum atomic E-state index is -0.0485. The molecule has 5 nitrogen and oxygen atoms in total. The van der Waals surface area contributed by atoms with Gasteiger partial charge in [0.25, 0.3) is 5.56 Å². The highest BCUT2D eigenvalue weighted by Crippen LogP contribution is 2.02. The molecule has 100 valence electrons. The van der Waals surface area contributed by atoms with Crippen LogP contribution in [-0.2, 0) is 11.3 Å². The Morgan fingerprint density at radius 1 is 1.33 bits per heavy atom. The van der Waals surface area contributed by atoms with Gasteiger partial charge in [0.15, 0.2) is 5.75 Å². The van der Waals surface area contributed by atoms with Gasteiger partial charge in [0, 0.05) is 32.4 Å². The maximum atomic E-state index is 12.0. The molecule has 0 bridgehead atoms. The summed E-state index contributed by atoms with van der Waals surface area (Å²) in [6.07, 6.45) is 1.81. The standard InChI is InChI=1S/C13H20N2O3/c1-2-18-12-4-3-5-15(13(12)16)7-6-14-8-10-17-11-9-14/h3-5H,2,6-11H2,1H3. The molecule has 1 aromatic rings. The van der Waals surface area contributed by atoms with E-state index in [9.17, 15) is 4.79 Å². The molecule has 0 aromatic carbocycles. The molecule has 1 aliphatic heterocycles. The molecule has 5 heteroatoms. The van der Waals surface area contributed by atoms with Crippen molar-refractivity contribution >= 4 is 0 Å². The zero-order valence-corrected chi connectivity index (χ0v) is 10.8. The maximum Gasteiger partial charge on any atom is 0.292 e. The molecule has 1 saturated heterocycles. The summed E-state index contributed by atoms with van der Waals surface area (Å²) in [4.78, 5) is 14.3. The number of morpholine rings is 1. The Labute approximate surface area is 107 Å². The number of aromatic nitrogens is 1. The van der Waals surface area contributed by atoms with Crippen molar-refractivity contribution in [1.82, 2.24) is 9.47 Å². The molecule has 0 saturated carbocycles. The molecule has 2 heterocycles. The molecule has 0 N–H and O–H groups in total. The van der Waals surface area contributed by atoms with Gasteiger partial charge in [-0.05, 0) is 19.1 Å². The van der Waals surface area contributed by atoms with Crippen molar-refractivity contribution in [2.24, 2.45) is 0 Å². The zero-order valence-electron chi connectivity index (χ0n) is 10.8. The highest BCUT2D eigenvalue weighted by molar-refractivity contribution is 5.17. The van der Waals surface area contributed by atoms with Crippen molar-refractivity contribution in [1.29, 1.82) is 0 Å². The molecule has 1 aliphatic rings. The number of hydrogen-bond acceptors (Lipinski definition) is 4. The first-order chi connectivity index (χ1) is 8.81. The Morgan fingerprint density at radius 3 is 2.83 bits per heavy atom. The molecule has 1 fully saturated rings. The van der Waals surface area contributed by atoms with Crippen LogP contribution >= 0.6 is 0 Å². The van der Waals surface area contributed by atoms with E-state index in [-0.39, 0.29) is 5.56 Å². The van der Waals surface area contributed by atoms with Gasteiger partial charge in [-0.15, -0.1) is 0 Å². The van der Waals surface area contributed by atoms with Crippen molar-refractivity contribution in [2.75, 3.05) is 39.5 Å². The average Bonchev–Trinajstić information content (AvgIpc) is 2.41. The molecule has 0 atom stereocenters. The summed E-state index contributed by atoms with van der Waals surface area (Å²) >= 11 is 0. The SMILES string of the molecule is CCOc1cccn(CCN2CCOCC2)c1=O. The molecule has 1 aromatic heterocycles. The van der Waals surface area contributed by atoms with Gasteiger partial charge in [-0.25, -0.2) is 0 Å². The van der Waals surface area contributed by atoms with Gasteiger partial charge >= 0.3 is 0 Å². The van der Waals surface area contributed by atoms with Crippen molar-refractivity contribution in [3.05, 3.63) is 28.7 Å². The van der Waals surface area contributed by atoms with Crippen LogP contribution in [0.3, 0.4) is 0 Å². The lowest BCUT2D eigenvalue weighted by Gasteiger charge is -2.26. The van der Waals surface area contributed by atoms with E-state index in [0.717, 1.165) is 32.8 Å². The third-order valence-corrected chi connectivity index (χ3v) is 3.05. The summed E-state index contributed by atoms with van der Waals surface area (Å²) in [5, 5.41) is 0. The van der Waals surface area contributed by atoms with Gasteiger partial charge in [0.1, 0.15) is 0 Å². The molecule has 0 spiro atoms. The highest BCUT2D eigenvalue weighted by atomic mass is 16.5. The normalized spacial score (nSPS) is 16.7. The van der Waals surface area contributed by atoms with Crippen LogP contribution in [0.2, 0.25) is 0 Å². The molecule has 0 radical (unpaired) electrons. The predicted octanol–water partition coefficient (Wildman–Crippen LogP) is 0.579. The van der Waals surface area contributed by atoms with E-state index < -0.39 is 0 Å². The smallest absolute Gasteiger partial charge is 0.292 e. The number of ether oxygens (including phenoxy) is 2. The molecule has 2 rings (SSSR count). The van der Waals surface area contributed by atoms with Crippen molar-refractivity contribution in [2.45, 2.75) is 13.5 Å². The second-order valence-corrected chi connectivity index (χ2v) is 4.26. The van der Waals surface area contributed by atoms with E-state index >= 15 is 0 Å². The van der Waals surface area contributed by atoms with Gasteiger partial charge < -0.3 is 14.0 Å². The van der Waals surface area contributed by atoms with Crippen LogP contribution in [0.25, 0.3) is 0 Å². The zero-order chi connectivity index (χ0) is 12.8. The maximum absolute atomic E-state index is 12.0. The summed E-state index contributed by atoms with van der Waals surface area (Å²) in [5.41, 5.74) is -0.0485. The fourth-order valence-electron chi connectivity index (χ4n) is 2.03. The van der Waals surface area contributed by atoms with Crippen LogP contribution < -0.4 is 10.3 Å². The summed E-state index contributed by atoms with van der Waals surface area (Å²) in [5.74, 6) is 0.432. The van der Waals surface area contributed by atoms with Crippen LogP contribution in [0.1, 0.15) is 6.92 Å². The summed E-state index contributed by atoms with van der Waals surface area (Å²) < 4.78 is 12.3. The van der Waals surface area contributed by atoms with Crippen molar-refractivity contribution < 1.29 is 9.47 Å². The number of rotatable bonds is 5. The van der Waals surface area contributed by atoms with E-state index in [1.54, 1.807) is 10.6 Å². The monoisotopic (exact) mass is 252 g/mol. The lowest BCUT2D eigenvalue weighted by Crippen LogP contribution is -2.39. The Kier molecular flexibility index (Phi) is 4.78. The van der Waals surface area contributed by atoms with Crippen LogP contribution in [-0.4, -0.2) is 48.9 Å². The Balaban J connectivity index is 1.96. The molecule has 0 amide bonds. The van der Waals surface area contributed by atoms with Crippen LogP contribution in [0.15, 0.2) is 23.1 Å². The fraction of sp³-hybridized carbons (Fsp3) is 0.615. The molecular formula is C13H20N2O3. The van der Waals surface area contributed by atoms with Crippen LogP contribution in [0, 0.1) is 0 Å². The van der Waals surface area contributed by atoms with Gasteiger partial charge in [0.05, 0.1) is 19.8 Å². The Hall–Kier alpha value is -1.33. The van der Waals surface area contributed by atoms with E-state index in [0.29, 0.717) is 18.9 Å². The second-order valence-electron chi connectivity index (χ2n) is 4.26. The Bertz CT molecular complexity index is 424. The van der Waals surface area contributed by atoms with Gasteiger partial charge in [0.2, 0.25) is 0 Å². The van der Waals surface area contributed by atoms with Crippen LogP contribution in [0.5, 0.6) is 5.75 Å². The highest BCUT2D eigenvalue weighted by Gasteiger charge is 2.10. The average molecular weight is 252 g/mol. The van der Waals surface area contributed by atoms with Gasteiger partial charge in [-0.3, -0.25) is 9.69 Å². The fourth-order valence-corrected chi connectivity index (χ4v) is 2.03.